The first-order chi connectivity index (χ1) is 10.6. The highest BCUT2D eigenvalue weighted by atomic mass is 35.5. The van der Waals surface area contributed by atoms with Crippen LogP contribution in [0.5, 0.6) is 0 Å². The van der Waals surface area contributed by atoms with Gasteiger partial charge in [0.25, 0.3) is 5.69 Å². The minimum absolute atomic E-state index is 0. The van der Waals surface area contributed by atoms with Crippen LogP contribution in [0, 0.1) is 10.1 Å². The van der Waals surface area contributed by atoms with Gasteiger partial charge in [-0.2, -0.15) is 0 Å². The van der Waals surface area contributed by atoms with Crippen molar-refractivity contribution >= 4 is 18.1 Å². The number of likely N-dealkylation sites (N-methyl/N-ethyl adjacent to an activating group) is 1. The van der Waals surface area contributed by atoms with Gasteiger partial charge in [0, 0.05) is 24.1 Å². The largest absolute Gasteiger partial charge is 0.306 e. The van der Waals surface area contributed by atoms with Gasteiger partial charge in [-0.05, 0) is 43.6 Å². The number of non-ortho nitro benzene ring substituents is 1. The molecule has 0 fully saturated rings. The van der Waals surface area contributed by atoms with Gasteiger partial charge in [0.2, 0.25) is 0 Å². The predicted octanol–water partition coefficient (Wildman–Crippen LogP) is 4.02. The lowest BCUT2D eigenvalue weighted by Gasteiger charge is -2.35. The number of hydrogen-bond acceptors (Lipinski definition) is 3. The van der Waals surface area contributed by atoms with Crippen LogP contribution in [0.15, 0.2) is 48.5 Å². The third-order valence-electron chi connectivity index (χ3n) is 4.63. The predicted molar refractivity (Wildman–Crippen MR) is 94.4 cm³/mol. The first-order valence-corrected chi connectivity index (χ1v) is 7.55. The number of halogens is 1. The summed E-state index contributed by atoms with van der Waals surface area (Å²) in [5, 5.41) is 10.8. The van der Waals surface area contributed by atoms with Crippen molar-refractivity contribution in [1.82, 2.24) is 4.90 Å². The summed E-state index contributed by atoms with van der Waals surface area (Å²) in [7, 11) is 4.23. The van der Waals surface area contributed by atoms with Crippen molar-refractivity contribution in [2.75, 3.05) is 14.1 Å². The van der Waals surface area contributed by atoms with E-state index in [0.717, 1.165) is 18.4 Å². The number of rotatable bonds is 3. The molecule has 5 heteroatoms. The molecular weight excluding hydrogens is 312 g/mol. The Labute approximate surface area is 142 Å². The molecule has 2 aromatic carbocycles. The van der Waals surface area contributed by atoms with Crippen LogP contribution in [0.4, 0.5) is 5.69 Å². The van der Waals surface area contributed by atoms with E-state index in [1.54, 1.807) is 12.1 Å². The third kappa shape index (κ3) is 3.54. The second-order valence-corrected chi connectivity index (χ2v) is 6.16. The van der Waals surface area contributed by atoms with Gasteiger partial charge < -0.3 is 4.90 Å². The highest BCUT2D eigenvalue weighted by Crippen LogP contribution is 2.38. The molecule has 0 saturated carbocycles. The van der Waals surface area contributed by atoms with Crippen LogP contribution in [-0.4, -0.2) is 30.0 Å². The van der Waals surface area contributed by atoms with Crippen LogP contribution in [0.25, 0.3) is 0 Å². The van der Waals surface area contributed by atoms with Gasteiger partial charge in [-0.1, -0.05) is 36.4 Å². The molecule has 0 spiro atoms. The van der Waals surface area contributed by atoms with Gasteiger partial charge >= 0.3 is 0 Å². The van der Waals surface area contributed by atoms with Gasteiger partial charge in [-0.3, -0.25) is 10.1 Å². The van der Waals surface area contributed by atoms with Crippen molar-refractivity contribution in [2.24, 2.45) is 0 Å². The molecule has 23 heavy (non-hydrogen) atoms. The SMILES string of the molecule is CN(C)[C@H]1Cc2ccccc2[C@H](c2ccc([N+](=O)[O-])cc2)C1.Cl. The van der Waals surface area contributed by atoms with Crippen molar-refractivity contribution < 1.29 is 4.92 Å². The summed E-state index contributed by atoms with van der Waals surface area (Å²) in [5.74, 6) is 0.304. The monoisotopic (exact) mass is 332 g/mol. The zero-order valence-corrected chi connectivity index (χ0v) is 14.1. The summed E-state index contributed by atoms with van der Waals surface area (Å²) in [6.07, 6.45) is 2.11. The van der Waals surface area contributed by atoms with E-state index in [-0.39, 0.29) is 23.0 Å². The molecule has 2 atom stereocenters. The van der Waals surface area contributed by atoms with Gasteiger partial charge in [-0.25, -0.2) is 0 Å². The molecule has 0 radical (unpaired) electrons. The second kappa shape index (κ2) is 7.11. The molecule has 0 amide bonds. The molecule has 0 aliphatic heterocycles. The fraction of sp³-hybridized carbons (Fsp3) is 0.333. The van der Waals surface area contributed by atoms with Crippen LogP contribution in [0.1, 0.15) is 29.0 Å². The minimum atomic E-state index is -0.346. The van der Waals surface area contributed by atoms with Crippen LogP contribution >= 0.6 is 12.4 Å². The minimum Gasteiger partial charge on any atom is -0.306 e. The van der Waals surface area contributed by atoms with Crippen LogP contribution in [0.3, 0.4) is 0 Å². The van der Waals surface area contributed by atoms with Crippen molar-refractivity contribution in [3.8, 4) is 0 Å². The van der Waals surface area contributed by atoms with E-state index in [4.69, 9.17) is 0 Å². The average molecular weight is 333 g/mol. The Kier molecular flexibility index (Phi) is 5.39. The van der Waals surface area contributed by atoms with Gasteiger partial charge in [0.1, 0.15) is 0 Å². The van der Waals surface area contributed by atoms with E-state index in [9.17, 15) is 10.1 Å². The summed E-state index contributed by atoms with van der Waals surface area (Å²) >= 11 is 0. The lowest BCUT2D eigenvalue weighted by Crippen LogP contribution is -2.35. The lowest BCUT2D eigenvalue weighted by molar-refractivity contribution is -0.384. The van der Waals surface area contributed by atoms with Crippen LogP contribution in [-0.2, 0) is 6.42 Å². The van der Waals surface area contributed by atoms with Gasteiger partial charge in [0.05, 0.1) is 4.92 Å². The molecule has 0 bridgehead atoms. The molecule has 1 aliphatic carbocycles. The first-order valence-electron chi connectivity index (χ1n) is 7.55. The fourth-order valence-corrected chi connectivity index (χ4v) is 3.33. The van der Waals surface area contributed by atoms with E-state index >= 15 is 0 Å². The van der Waals surface area contributed by atoms with Gasteiger partial charge in [0.15, 0.2) is 0 Å². The van der Waals surface area contributed by atoms with Crippen molar-refractivity contribution in [3.05, 3.63) is 75.3 Å². The molecule has 4 nitrogen and oxygen atoms in total. The highest BCUT2D eigenvalue weighted by molar-refractivity contribution is 5.85. The molecule has 1 aliphatic rings. The van der Waals surface area contributed by atoms with E-state index in [0.29, 0.717) is 12.0 Å². The standard InChI is InChI=1S/C18H20N2O2.ClH/c1-19(2)16-11-14-5-3-4-6-17(14)18(12-16)13-7-9-15(10-8-13)20(21)22;/h3-10,16,18H,11-12H2,1-2H3;1H/t16-,18-;/m0./s1. The molecule has 0 N–H and O–H groups in total. The van der Waals surface area contributed by atoms with E-state index in [2.05, 4.69) is 43.3 Å². The Morgan fingerprint density at radius 3 is 2.35 bits per heavy atom. The number of hydrogen-bond donors (Lipinski definition) is 0. The normalized spacial score (nSPS) is 19.8. The molecular formula is C18H21ClN2O2. The number of fused-ring (bicyclic) bond motifs is 1. The fourth-order valence-electron chi connectivity index (χ4n) is 3.33. The van der Waals surface area contributed by atoms with Crippen molar-refractivity contribution in [3.63, 3.8) is 0 Å². The maximum atomic E-state index is 10.8. The van der Waals surface area contributed by atoms with Crippen LogP contribution < -0.4 is 0 Å². The molecule has 2 aromatic rings. The maximum Gasteiger partial charge on any atom is 0.269 e. The Balaban J connectivity index is 0.00000192. The average Bonchev–Trinajstić information content (AvgIpc) is 2.53. The summed E-state index contributed by atoms with van der Waals surface area (Å²) < 4.78 is 0. The van der Waals surface area contributed by atoms with Crippen LogP contribution in [0.2, 0.25) is 0 Å². The zero-order chi connectivity index (χ0) is 15.7. The highest BCUT2D eigenvalue weighted by Gasteiger charge is 2.29. The quantitative estimate of drug-likeness (QED) is 0.630. The summed E-state index contributed by atoms with van der Waals surface area (Å²) in [6, 6.07) is 16.1. The Morgan fingerprint density at radius 2 is 1.74 bits per heavy atom. The Hall–Kier alpha value is -1.91. The summed E-state index contributed by atoms with van der Waals surface area (Å²) in [5.41, 5.74) is 4.05. The van der Waals surface area contributed by atoms with Crippen molar-refractivity contribution in [2.45, 2.75) is 24.8 Å². The number of nitro groups is 1. The summed E-state index contributed by atoms with van der Waals surface area (Å²) in [4.78, 5) is 12.8. The van der Waals surface area contributed by atoms with Crippen molar-refractivity contribution in [1.29, 1.82) is 0 Å². The molecule has 0 aromatic heterocycles. The van der Waals surface area contributed by atoms with E-state index in [1.165, 1.54) is 11.1 Å². The molecule has 0 unspecified atom stereocenters. The molecule has 0 heterocycles. The smallest absolute Gasteiger partial charge is 0.269 e. The third-order valence-corrected chi connectivity index (χ3v) is 4.63. The Morgan fingerprint density at radius 1 is 1.09 bits per heavy atom. The van der Waals surface area contributed by atoms with E-state index in [1.807, 2.05) is 12.1 Å². The first kappa shape index (κ1) is 17.4. The molecule has 3 rings (SSSR count). The number of benzene rings is 2. The molecule has 0 saturated heterocycles. The summed E-state index contributed by atoms with van der Waals surface area (Å²) in [6.45, 7) is 0. The van der Waals surface area contributed by atoms with Gasteiger partial charge in [-0.15, -0.1) is 12.4 Å². The topological polar surface area (TPSA) is 46.4 Å². The lowest BCUT2D eigenvalue weighted by atomic mass is 9.76. The second-order valence-electron chi connectivity index (χ2n) is 6.16. The number of nitrogens with zero attached hydrogens (tertiary/aromatic N) is 2. The number of nitro benzene ring substituents is 1. The van der Waals surface area contributed by atoms with E-state index < -0.39 is 0 Å². The zero-order valence-electron chi connectivity index (χ0n) is 13.3. The molecule has 122 valence electrons. The maximum absolute atomic E-state index is 10.8. The Bertz CT molecular complexity index is 686.